The highest BCUT2D eigenvalue weighted by Crippen LogP contribution is 2.66. The molecule has 6 aliphatic rings. The Morgan fingerprint density at radius 2 is 1.22 bits per heavy atom. The SMILES string of the molecule is Cc1cc(C)c2c(c1)N(c1cc3c4c(c1)-n1c5ccc(C(C)(C)C)cc5c5cc(C(C)(C)C)cc(c51)B4c1cc(C(C)(C)C)cc4c1N3C1(C)c3ccccc3CCC41C)C1(C)CCCCC21C. The molecule has 3 nitrogen and oxygen atoms in total. The normalized spacial score (nSPS) is 25.4. The molecule has 4 heteroatoms. The number of fused-ring (bicyclic) bond motifs is 15. The summed E-state index contributed by atoms with van der Waals surface area (Å²) in [5.41, 5.74) is 26.7. The first kappa shape index (κ1) is 42.9. The van der Waals surface area contributed by atoms with Crippen molar-refractivity contribution >= 4 is 67.7 Å². The second-order valence-electron chi connectivity index (χ2n) is 26.6. The van der Waals surface area contributed by atoms with E-state index in [1.807, 2.05) is 0 Å². The molecule has 0 bridgehead atoms. The van der Waals surface area contributed by atoms with Crippen LogP contribution in [0.3, 0.4) is 0 Å². The molecule has 5 heterocycles. The molecular formula is C64H72BN3. The Morgan fingerprint density at radius 3 is 1.96 bits per heavy atom. The van der Waals surface area contributed by atoms with Crippen molar-refractivity contribution in [3.05, 3.63) is 141 Å². The van der Waals surface area contributed by atoms with Gasteiger partial charge in [-0.2, -0.15) is 0 Å². The third-order valence-electron chi connectivity index (χ3n) is 19.7. The molecule has 4 unspecified atom stereocenters. The molecule has 0 N–H and O–H groups in total. The van der Waals surface area contributed by atoms with Crippen molar-refractivity contribution in [1.29, 1.82) is 0 Å². The summed E-state index contributed by atoms with van der Waals surface area (Å²) in [5.74, 6) is 0. The monoisotopic (exact) mass is 894 g/mol. The molecule has 0 amide bonds. The van der Waals surface area contributed by atoms with Gasteiger partial charge < -0.3 is 14.4 Å². The number of aromatic nitrogens is 1. The van der Waals surface area contributed by atoms with Crippen LogP contribution in [-0.2, 0) is 39.0 Å². The molecule has 1 aromatic heterocycles. The van der Waals surface area contributed by atoms with Gasteiger partial charge in [0.1, 0.15) is 0 Å². The van der Waals surface area contributed by atoms with Crippen LogP contribution in [0.15, 0.2) is 91.0 Å². The topological polar surface area (TPSA) is 11.4 Å². The first-order valence-electron chi connectivity index (χ1n) is 26.2. The van der Waals surface area contributed by atoms with E-state index in [1.54, 1.807) is 11.1 Å². The van der Waals surface area contributed by atoms with Crippen LogP contribution in [0.1, 0.15) is 172 Å². The van der Waals surface area contributed by atoms with Gasteiger partial charge in [-0.1, -0.05) is 144 Å². The van der Waals surface area contributed by atoms with Gasteiger partial charge in [0.25, 0.3) is 6.71 Å². The molecule has 4 aliphatic heterocycles. The summed E-state index contributed by atoms with van der Waals surface area (Å²) in [7, 11) is 0. The molecule has 13 rings (SSSR count). The highest BCUT2D eigenvalue weighted by molar-refractivity contribution is 7.00. The van der Waals surface area contributed by atoms with Crippen LogP contribution in [-0.4, -0.2) is 16.8 Å². The molecule has 0 saturated heterocycles. The quantitative estimate of drug-likeness (QED) is 0.152. The zero-order valence-corrected chi connectivity index (χ0v) is 43.8. The molecule has 2 aliphatic carbocycles. The van der Waals surface area contributed by atoms with E-state index in [4.69, 9.17) is 0 Å². The van der Waals surface area contributed by atoms with Gasteiger partial charge in [-0.25, -0.2) is 0 Å². The van der Waals surface area contributed by atoms with E-state index in [9.17, 15) is 0 Å². The summed E-state index contributed by atoms with van der Waals surface area (Å²) < 4.78 is 2.75. The van der Waals surface area contributed by atoms with E-state index in [1.165, 1.54) is 131 Å². The number of aryl methyl sites for hydroxylation is 3. The Bertz CT molecular complexity index is 3420. The van der Waals surface area contributed by atoms with E-state index < -0.39 is 0 Å². The zero-order chi connectivity index (χ0) is 47.8. The van der Waals surface area contributed by atoms with Crippen molar-refractivity contribution in [3.63, 3.8) is 0 Å². The third-order valence-corrected chi connectivity index (χ3v) is 19.7. The van der Waals surface area contributed by atoms with E-state index >= 15 is 0 Å². The van der Waals surface area contributed by atoms with Crippen LogP contribution in [0.25, 0.3) is 27.5 Å². The maximum Gasteiger partial charge on any atom is 0.252 e. The Labute approximate surface area is 407 Å². The molecular weight excluding hydrogens is 822 g/mol. The fourth-order valence-corrected chi connectivity index (χ4v) is 15.7. The number of hydrogen-bond donors (Lipinski definition) is 0. The van der Waals surface area contributed by atoms with Gasteiger partial charge in [-0.15, -0.1) is 0 Å². The first-order valence-corrected chi connectivity index (χ1v) is 26.2. The number of hydrogen-bond acceptors (Lipinski definition) is 2. The molecule has 4 atom stereocenters. The van der Waals surface area contributed by atoms with Crippen molar-refractivity contribution in [2.75, 3.05) is 9.80 Å². The smallest absolute Gasteiger partial charge is 0.252 e. The average Bonchev–Trinajstić information content (AvgIpc) is 3.79. The van der Waals surface area contributed by atoms with Crippen molar-refractivity contribution in [1.82, 2.24) is 4.57 Å². The molecule has 1 fully saturated rings. The van der Waals surface area contributed by atoms with Crippen LogP contribution in [0.4, 0.5) is 22.7 Å². The standard InChI is InChI=1S/C64H72BN3/c1-37-28-38(2)54-51(29-37)67(63(14)26-19-18-25-62(54,63)13)43-35-52-55-53(36-43)68-57-47(61(12)27-24-39-20-16-17-21-46(39)64(61,68)15)32-42(60(9,10)11)34-49(57)65(55)48-33-41(59(6,7)8)31-45-44-30-40(58(3,4)5)22-23-50(44)66(52)56(45)48/h16-17,20-23,28-36H,18-19,24-27H2,1-15H3. The minimum atomic E-state index is -0.324. The lowest BCUT2D eigenvalue weighted by atomic mass is 9.33. The second-order valence-corrected chi connectivity index (χ2v) is 26.6. The van der Waals surface area contributed by atoms with Crippen molar-refractivity contribution in [2.24, 2.45) is 0 Å². The van der Waals surface area contributed by atoms with Crippen LogP contribution in [0, 0.1) is 13.8 Å². The summed E-state index contributed by atoms with van der Waals surface area (Å²) >= 11 is 0. The predicted octanol–water partition coefficient (Wildman–Crippen LogP) is 14.4. The van der Waals surface area contributed by atoms with Gasteiger partial charge >= 0.3 is 0 Å². The number of benzene rings is 6. The van der Waals surface area contributed by atoms with Crippen LogP contribution in [0.5, 0.6) is 0 Å². The highest BCUT2D eigenvalue weighted by Gasteiger charge is 2.64. The molecule has 6 aromatic carbocycles. The van der Waals surface area contributed by atoms with E-state index in [0.717, 1.165) is 12.8 Å². The van der Waals surface area contributed by atoms with E-state index in [0.29, 0.717) is 0 Å². The average molecular weight is 894 g/mol. The fourth-order valence-electron chi connectivity index (χ4n) is 15.7. The maximum atomic E-state index is 2.95. The van der Waals surface area contributed by atoms with E-state index in [-0.39, 0.29) is 44.9 Å². The van der Waals surface area contributed by atoms with Gasteiger partial charge in [0.05, 0.1) is 16.6 Å². The van der Waals surface area contributed by atoms with Crippen molar-refractivity contribution in [3.8, 4) is 5.69 Å². The Morgan fingerprint density at radius 1 is 0.559 bits per heavy atom. The minimum Gasteiger partial charge on any atom is -0.334 e. The first-order chi connectivity index (χ1) is 31.9. The summed E-state index contributed by atoms with van der Waals surface area (Å²) in [6.45, 7) is 36.9. The summed E-state index contributed by atoms with van der Waals surface area (Å²) in [6, 6.07) is 37.9. The van der Waals surface area contributed by atoms with Gasteiger partial charge in [0.15, 0.2) is 0 Å². The molecule has 1 saturated carbocycles. The summed E-state index contributed by atoms with van der Waals surface area (Å²) in [4.78, 5) is 5.83. The van der Waals surface area contributed by atoms with Crippen molar-refractivity contribution in [2.45, 2.75) is 181 Å². The number of nitrogens with zero attached hydrogens (tertiary/aromatic N) is 3. The summed E-state index contributed by atoms with van der Waals surface area (Å²) in [6.07, 6.45) is 7.12. The van der Waals surface area contributed by atoms with Crippen molar-refractivity contribution < 1.29 is 0 Å². The molecule has 0 spiro atoms. The lowest BCUT2D eigenvalue weighted by Gasteiger charge is -2.53. The zero-order valence-electron chi connectivity index (χ0n) is 43.8. The third kappa shape index (κ3) is 5.03. The maximum absolute atomic E-state index is 2.95. The molecule has 346 valence electrons. The Hall–Kier alpha value is -5.22. The number of rotatable bonds is 1. The minimum absolute atomic E-state index is 0.0209. The van der Waals surface area contributed by atoms with Gasteiger partial charge in [-0.3, -0.25) is 0 Å². The number of anilines is 4. The molecule has 0 radical (unpaired) electrons. The molecule has 7 aromatic rings. The Balaban J connectivity index is 1.24. The lowest BCUT2D eigenvalue weighted by Crippen LogP contribution is -2.63. The second kappa shape index (κ2) is 12.9. The largest absolute Gasteiger partial charge is 0.334 e. The van der Waals surface area contributed by atoms with Crippen LogP contribution in [0.2, 0.25) is 0 Å². The lowest BCUT2D eigenvalue weighted by molar-refractivity contribution is 0.194. The predicted molar refractivity (Wildman–Crippen MR) is 292 cm³/mol. The van der Waals surface area contributed by atoms with Crippen LogP contribution < -0.4 is 26.2 Å². The van der Waals surface area contributed by atoms with Gasteiger partial charge in [0, 0.05) is 55.6 Å². The summed E-state index contributed by atoms with van der Waals surface area (Å²) in [5, 5.41) is 2.76. The van der Waals surface area contributed by atoms with Crippen LogP contribution >= 0.6 is 0 Å². The molecule has 68 heavy (non-hydrogen) atoms. The van der Waals surface area contributed by atoms with Gasteiger partial charge in [0.2, 0.25) is 0 Å². The highest BCUT2D eigenvalue weighted by atomic mass is 15.3. The van der Waals surface area contributed by atoms with Gasteiger partial charge in [-0.05, 0) is 172 Å². The van der Waals surface area contributed by atoms with E-state index in [2.05, 4.69) is 209 Å². The Kier molecular flexibility index (Phi) is 8.16. The fraction of sp³-hybridized carbons (Fsp3) is 0.438.